The van der Waals surface area contributed by atoms with Gasteiger partial charge in [0.25, 0.3) is 11.6 Å². The first-order valence-electron chi connectivity index (χ1n) is 8.75. The average molecular weight is 458 g/mol. The second-order valence-electron chi connectivity index (χ2n) is 6.51. The Balaban J connectivity index is 1.77. The van der Waals surface area contributed by atoms with Crippen LogP contribution in [0.4, 0.5) is 11.4 Å². The Bertz CT molecular complexity index is 1290. The molecule has 0 saturated carbocycles. The number of hydrogen-bond acceptors (Lipinski definition) is 5. The number of carbonyl (C=O) groups is 1. The monoisotopic (exact) mass is 457 g/mol. The molecule has 4 aromatic rings. The SMILES string of the molecule is Cc1ccc(C(=O)Nc2c(Cl)cc(Cl)cc2-c2nc3ccccc3s2)cc1[N+](=O)[O-]. The molecule has 1 amide bonds. The summed E-state index contributed by atoms with van der Waals surface area (Å²) in [5.74, 6) is -0.523. The van der Waals surface area contributed by atoms with Gasteiger partial charge in [0, 0.05) is 27.8 Å². The highest BCUT2D eigenvalue weighted by atomic mass is 35.5. The van der Waals surface area contributed by atoms with Crippen LogP contribution in [0.15, 0.2) is 54.6 Å². The van der Waals surface area contributed by atoms with E-state index in [0.29, 0.717) is 26.8 Å². The van der Waals surface area contributed by atoms with E-state index >= 15 is 0 Å². The standard InChI is InChI=1S/C21H13Cl2N3O3S/c1-11-6-7-12(8-17(11)26(28)29)20(27)25-19-14(9-13(22)10-15(19)23)21-24-16-4-2-3-5-18(16)30-21/h2-10H,1H3,(H,25,27). The Morgan fingerprint density at radius 2 is 1.90 bits per heavy atom. The number of rotatable bonds is 4. The Morgan fingerprint density at radius 3 is 2.63 bits per heavy atom. The number of nitrogens with one attached hydrogen (secondary N) is 1. The molecule has 0 aliphatic heterocycles. The number of nitrogens with zero attached hydrogens (tertiary/aromatic N) is 2. The van der Waals surface area contributed by atoms with Gasteiger partial charge in [0.2, 0.25) is 0 Å². The van der Waals surface area contributed by atoms with Gasteiger partial charge < -0.3 is 5.32 Å². The van der Waals surface area contributed by atoms with Gasteiger partial charge in [-0.3, -0.25) is 14.9 Å². The van der Waals surface area contributed by atoms with Crippen molar-refractivity contribution in [2.75, 3.05) is 5.32 Å². The van der Waals surface area contributed by atoms with Crippen molar-refractivity contribution in [1.29, 1.82) is 0 Å². The van der Waals surface area contributed by atoms with Crippen LogP contribution in [0.1, 0.15) is 15.9 Å². The maximum absolute atomic E-state index is 12.9. The van der Waals surface area contributed by atoms with Gasteiger partial charge in [-0.2, -0.15) is 0 Å². The van der Waals surface area contributed by atoms with E-state index in [-0.39, 0.29) is 16.3 Å². The lowest BCUT2D eigenvalue weighted by Crippen LogP contribution is -2.13. The van der Waals surface area contributed by atoms with E-state index in [9.17, 15) is 14.9 Å². The molecule has 1 N–H and O–H groups in total. The number of para-hydroxylation sites is 1. The number of fused-ring (bicyclic) bond motifs is 1. The fraction of sp³-hybridized carbons (Fsp3) is 0.0476. The quantitative estimate of drug-likeness (QED) is 0.271. The normalized spacial score (nSPS) is 10.9. The third-order valence-electron chi connectivity index (χ3n) is 4.49. The van der Waals surface area contributed by atoms with Gasteiger partial charge in [-0.05, 0) is 37.3 Å². The molecule has 0 radical (unpaired) electrons. The van der Waals surface area contributed by atoms with Crippen molar-refractivity contribution in [1.82, 2.24) is 4.98 Å². The van der Waals surface area contributed by atoms with Crippen LogP contribution >= 0.6 is 34.5 Å². The summed E-state index contributed by atoms with van der Waals surface area (Å²) >= 11 is 14.0. The van der Waals surface area contributed by atoms with Gasteiger partial charge in [0.1, 0.15) is 5.01 Å². The number of amides is 1. The van der Waals surface area contributed by atoms with Crippen molar-refractivity contribution in [2.24, 2.45) is 0 Å². The third-order valence-corrected chi connectivity index (χ3v) is 6.07. The first-order chi connectivity index (χ1) is 14.3. The van der Waals surface area contributed by atoms with Crippen LogP contribution in [0.5, 0.6) is 0 Å². The zero-order chi connectivity index (χ0) is 21.4. The van der Waals surface area contributed by atoms with Crippen LogP contribution in [-0.2, 0) is 0 Å². The predicted octanol–water partition coefficient (Wildman–Crippen LogP) is 6.74. The molecule has 30 heavy (non-hydrogen) atoms. The van der Waals surface area contributed by atoms with Gasteiger partial charge in [-0.15, -0.1) is 11.3 Å². The predicted molar refractivity (Wildman–Crippen MR) is 121 cm³/mol. The zero-order valence-corrected chi connectivity index (χ0v) is 17.8. The number of thiazole rings is 1. The largest absolute Gasteiger partial charge is 0.320 e. The number of nitro benzene ring substituents is 1. The molecule has 3 aromatic carbocycles. The minimum atomic E-state index is -0.523. The Morgan fingerprint density at radius 1 is 1.13 bits per heavy atom. The fourth-order valence-electron chi connectivity index (χ4n) is 2.99. The number of halogens is 2. The lowest BCUT2D eigenvalue weighted by atomic mass is 10.1. The number of aromatic nitrogens is 1. The second-order valence-corrected chi connectivity index (χ2v) is 8.38. The Kier molecular flexibility index (Phi) is 5.42. The van der Waals surface area contributed by atoms with Crippen molar-refractivity contribution in [2.45, 2.75) is 6.92 Å². The van der Waals surface area contributed by atoms with Crippen molar-refractivity contribution in [3.63, 3.8) is 0 Å². The van der Waals surface area contributed by atoms with Crippen LogP contribution in [0, 0.1) is 17.0 Å². The summed E-state index contributed by atoms with van der Waals surface area (Å²) in [6.45, 7) is 1.61. The summed E-state index contributed by atoms with van der Waals surface area (Å²) < 4.78 is 0.982. The molecule has 0 unspecified atom stereocenters. The highest BCUT2D eigenvalue weighted by Gasteiger charge is 2.20. The molecule has 150 valence electrons. The van der Waals surface area contributed by atoms with Gasteiger partial charge in [-0.1, -0.05) is 41.4 Å². The molecule has 0 aliphatic rings. The summed E-state index contributed by atoms with van der Waals surface area (Å²) in [6, 6.07) is 15.2. The van der Waals surface area contributed by atoms with Crippen LogP contribution in [0.3, 0.4) is 0 Å². The molecule has 1 aromatic heterocycles. The number of carbonyl (C=O) groups excluding carboxylic acids is 1. The molecule has 0 bridgehead atoms. The molecule has 6 nitrogen and oxygen atoms in total. The van der Waals surface area contributed by atoms with Gasteiger partial charge in [0.15, 0.2) is 0 Å². The lowest BCUT2D eigenvalue weighted by molar-refractivity contribution is -0.385. The molecular formula is C21H13Cl2N3O3S. The maximum atomic E-state index is 12.9. The van der Waals surface area contributed by atoms with Gasteiger partial charge in [-0.25, -0.2) is 4.98 Å². The van der Waals surface area contributed by atoms with E-state index in [4.69, 9.17) is 23.2 Å². The Labute approximate surface area is 185 Å². The molecule has 4 rings (SSSR count). The smallest absolute Gasteiger partial charge is 0.273 e. The summed E-state index contributed by atoms with van der Waals surface area (Å²) in [5.41, 5.74) is 2.22. The molecule has 0 spiro atoms. The molecular weight excluding hydrogens is 445 g/mol. The second kappa shape index (κ2) is 8.02. The van der Waals surface area contributed by atoms with Crippen LogP contribution in [0.25, 0.3) is 20.8 Å². The van der Waals surface area contributed by atoms with Crippen LogP contribution < -0.4 is 5.32 Å². The highest BCUT2D eigenvalue weighted by Crippen LogP contribution is 2.40. The summed E-state index contributed by atoms with van der Waals surface area (Å²) in [5, 5.41) is 15.3. The number of anilines is 1. The van der Waals surface area contributed by atoms with E-state index in [1.54, 1.807) is 13.0 Å². The zero-order valence-electron chi connectivity index (χ0n) is 15.5. The highest BCUT2D eigenvalue weighted by molar-refractivity contribution is 7.21. The van der Waals surface area contributed by atoms with E-state index < -0.39 is 10.8 Å². The van der Waals surface area contributed by atoms with Crippen molar-refractivity contribution in [3.8, 4) is 10.6 Å². The van der Waals surface area contributed by atoms with Gasteiger partial charge >= 0.3 is 0 Å². The lowest BCUT2D eigenvalue weighted by Gasteiger charge is -2.12. The van der Waals surface area contributed by atoms with E-state index in [1.165, 1.54) is 35.6 Å². The van der Waals surface area contributed by atoms with E-state index in [2.05, 4.69) is 10.3 Å². The maximum Gasteiger partial charge on any atom is 0.273 e. The molecule has 9 heteroatoms. The van der Waals surface area contributed by atoms with E-state index in [0.717, 1.165) is 10.2 Å². The molecule has 0 fully saturated rings. The summed E-state index contributed by atoms with van der Waals surface area (Å²) in [6.07, 6.45) is 0. The van der Waals surface area contributed by atoms with Crippen molar-refractivity contribution >= 4 is 62.0 Å². The number of nitro groups is 1. The van der Waals surface area contributed by atoms with Crippen LogP contribution in [-0.4, -0.2) is 15.8 Å². The van der Waals surface area contributed by atoms with Crippen molar-refractivity contribution in [3.05, 3.63) is 85.9 Å². The first kappa shape index (κ1) is 20.3. The van der Waals surface area contributed by atoms with Crippen LogP contribution in [0.2, 0.25) is 10.0 Å². The first-order valence-corrected chi connectivity index (χ1v) is 10.3. The Hall–Kier alpha value is -3.00. The fourth-order valence-corrected chi connectivity index (χ4v) is 4.52. The minimum Gasteiger partial charge on any atom is -0.320 e. The summed E-state index contributed by atoms with van der Waals surface area (Å²) in [7, 11) is 0. The molecule has 0 aliphatic carbocycles. The number of hydrogen-bond donors (Lipinski definition) is 1. The molecule has 0 atom stereocenters. The molecule has 1 heterocycles. The van der Waals surface area contributed by atoms with Gasteiger partial charge in [0.05, 0.1) is 25.8 Å². The van der Waals surface area contributed by atoms with E-state index in [1.807, 2.05) is 24.3 Å². The third kappa shape index (κ3) is 3.87. The molecule has 0 saturated heterocycles. The summed E-state index contributed by atoms with van der Waals surface area (Å²) in [4.78, 5) is 28.1. The number of benzene rings is 3. The topological polar surface area (TPSA) is 85.1 Å². The number of aryl methyl sites for hydroxylation is 1. The average Bonchev–Trinajstić information content (AvgIpc) is 3.13. The van der Waals surface area contributed by atoms with Crippen molar-refractivity contribution < 1.29 is 9.72 Å². The minimum absolute atomic E-state index is 0.128.